The van der Waals surface area contributed by atoms with Crippen LogP contribution in [-0.2, 0) is 11.3 Å². The Morgan fingerprint density at radius 3 is 2.45 bits per heavy atom. The zero-order chi connectivity index (χ0) is 26.8. The van der Waals surface area contributed by atoms with E-state index >= 15 is 0 Å². The Balaban J connectivity index is 1.64. The molecule has 0 saturated heterocycles. The average molecular weight is 517 g/mol. The van der Waals surface area contributed by atoms with Crippen LogP contribution in [0, 0.1) is 0 Å². The number of benzene rings is 3. The van der Waals surface area contributed by atoms with Crippen LogP contribution in [0.25, 0.3) is 10.8 Å². The minimum absolute atomic E-state index is 0.0801. The van der Waals surface area contributed by atoms with Gasteiger partial charge in [-0.15, -0.1) is 0 Å². The van der Waals surface area contributed by atoms with Gasteiger partial charge in [-0.1, -0.05) is 24.3 Å². The lowest BCUT2D eigenvalue weighted by atomic mass is 10.1. The van der Waals surface area contributed by atoms with Crippen LogP contribution in [0.1, 0.15) is 21.5 Å². The van der Waals surface area contributed by atoms with E-state index in [1.165, 1.54) is 44.2 Å². The maximum atomic E-state index is 13.4. The zero-order valence-corrected chi connectivity index (χ0v) is 20.9. The number of fused-ring (bicyclic) bond motifs is 2. The van der Waals surface area contributed by atoms with Gasteiger partial charge in [0, 0.05) is 29.1 Å². The highest BCUT2D eigenvalue weighted by Gasteiger charge is 2.20. The summed E-state index contributed by atoms with van der Waals surface area (Å²) in [4.78, 5) is 30.3. The van der Waals surface area contributed by atoms with Crippen molar-refractivity contribution in [2.24, 2.45) is 4.99 Å². The maximum Gasteiger partial charge on any atom is 0.340 e. The number of esters is 1. The quantitative estimate of drug-likeness (QED) is 0.289. The summed E-state index contributed by atoms with van der Waals surface area (Å²) in [5.41, 5.74) is 1.03. The molecule has 0 bridgehead atoms. The van der Waals surface area contributed by atoms with Gasteiger partial charge in [0.2, 0.25) is 12.7 Å². The van der Waals surface area contributed by atoms with E-state index in [1.54, 1.807) is 42.5 Å². The molecule has 10 nitrogen and oxygen atoms in total. The molecule has 38 heavy (non-hydrogen) atoms. The number of ether oxygens (including phenoxy) is 5. The molecular weight excluding hydrogens is 492 g/mol. The van der Waals surface area contributed by atoms with Gasteiger partial charge in [0.15, 0.2) is 23.0 Å². The van der Waals surface area contributed by atoms with Crippen molar-refractivity contribution in [3.63, 3.8) is 0 Å². The van der Waals surface area contributed by atoms with Crippen molar-refractivity contribution in [3.05, 3.63) is 81.6 Å². The second-order valence-electron chi connectivity index (χ2n) is 8.34. The molecule has 10 heteroatoms. The molecule has 0 radical (unpaired) electrons. The summed E-state index contributed by atoms with van der Waals surface area (Å²) in [6.07, 6.45) is 1.40. The van der Waals surface area contributed by atoms with Crippen LogP contribution < -0.4 is 24.5 Å². The van der Waals surface area contributed by atoms with Gasteiger partial charge in [-0.3, -0.25) is 14.4 Å². The fourth-order valence-electron chi connectivity index (χ4n) is 4.29. The first-order valence-corrected chi connectivity index (χ1v) is 11.6. The predicted octanol–water partition coefficient (Wildman–Crippen LogP) is 4.04. The maximum absolute atomic E-state index is 13.4. The summed E-state index contributed by atoms with van der Waals surface area (Å²) in [6.45, 7) is 0.209. The van der Waals surface area contributed by atoms with E-state index in [1.807, 2.05) is 0 Å². The molecule has 1 N–H and O–H groups in total. The molecule has 0 atom stereocenters. The summed E-state index contributed by atoms with van der Waals surface area (Å²) >= 11 is 0. The van der Waals surface area contributed by atoms with Crippen LogP contribution >= 0.6 is 0 Å². The van der Waals surface area contributed by atoms with E-state index in [0.717, 1.165) is 5.56 Å². The molecule has 4 aromatic rings. The fourth-order valence-corrected chi connectivity index (χ4v) is 4.29. The standard InChI is InChI=1S/C28H24N2O8/c1-34-23-11-19(28(33)36-3)21(12-24(23)35-2)29-13-20-17-6-4-5-7-18(17)26(31)30(27(20)32)14-16-8-9-22-25(10-16)38-15-37-22/h4-13,32H,14-15H2,1-3H3. The largest absolute Gasteiger partial charge is 0.494 e. The van der Waals surface area contributed by atoms with Crippen molar-refractivity contribution < 1.29 is 33.6 Å². The lowest BCUT2D eigenvalue weighted by Crippen LogP contribution is -2.22. The number of aromatic hydroxyl groups is 1. The van der Waals surface area contributed by atoms with Crippen molar-refractivity contribution in [1.29, 1.82) is 0 Å². The van der Waals surface area contributed by atoms with Crippen molar-refractivity contribution >= 4 is 28.6 Å². The molecule has 0 saturated carbocycles. The molecular formula is C28H24N2O8. The van der Waals surface area contributed by atoms with Crippen molar-refractivity contribution in [2.75, 3.05) is 28.1 Å². The number of pyridine rings is 1. The molecule has 1 aliphatic rings. The number of rotatable bonds is 7. The Kier molecular flexibility index (Phi) is 6.61. The molecule has 0 unspecified atom stereocenters. The van der Waals surface area contributed by atoms with Crippen LogP contribution in [0.15, 0.2) is 64.4 Å². The molecule has 0 fully saturated rings. The van der Waals surface area contributed by atoms with Gasteiger partial charge in [-0.2, -0.15) is 0 Å². The molecule has 1 aliphatic heterocycles. The van der Waals surface area contributed by atoms with Crippen molar-refractivity contribution in [3.8, 4) is 28.9 Å². The lowest BCUT2D eigenvalue weighted by Gasteiger charge is -2.14. The Morgan fingerprint density at radius 2 is 1.71 bits per heavy atom. The van der Waals surface area contributed by atoms with Gasteiger partial charge in [-0.25, -0.2) is 4.79 Å². The summed E-state index contributed by atoms with van der Waals surface area (Å²) in [7, 11) is 4.18. The van der Waals surface area contributed by atoms with Crippen LogP contribution in [0.2, 0.25) is 0 Å². The number of aliphatic imine (C=N–C) groups is 1. The van der Waals surface area contributed by atoms with Crippen LogP contribution in [0.5, 0.6) is 28.9 Å². The van der Waals surface area contributed by atoms with Crippen LogP contribution in [0.3, 0.4) is 0 Å². The molecule has 0 amide bonds. The first-order chi connectivity index (χ1) is 18.4. The first kappa shape index (κ1) is 24.7. The van der Waals surface area contributed by atoms with Gasteiger partial charge < -0.3 is 28.8 Å². The Hall–Kier alpha value is -4.99. The average Bonchev–Trinajstić information content (AvgIpc) is 3.42. The van der Waals surface area contributed by atoms with Gasteiger partial charge in [0.1, 0.15) is 0 Å². The monoisotopic (exact) mass is 516 g/mol. The number of methoxy groups -OCH3 is 3. The van der Waals surface area contributed by atoms with Crippen molar-refractivity contribution in [1.82, 2.24) is 4.57 Å². The fraction of sp³-hybridized carbons (Fsp3) is 0.179. The molecule has 194 valence electrons. The molecule has 0 spiro atoms. The molecule has 0 aliphatic carbocycles. The Morgan fingerprint density at radius 1 is 1.00 bits per heavy atom. The predicted molar refractivity (Wildman–Crippen MR) is 140 cm³/mol. The van der Waals surface area contributed by atoms with E-state index in [-0.39, 0.29) is 36.0 Å². The third-order valence-corrected chi connectivity index (χ3v) is 6.21. The van der Waals surface area contributed by atoms with Gasteiger partial charge >= 0.3 is 5.97 Å². The molecule has 3 aromatic carbocycles. The highest BCUT2D eigenvalue weighted by Crippen LogP contribution is 2.36. The van der Waals surface area contributed by atoms with Gasteiger partial charge in [-0.05, 0) is 23.8 Å². The number of hydrogen-bond acceptors (Lipinski definition) is 9. The number of carbonyl (C=O) groups is 1. The second kappa shape index (κ2) is 10.2. The number of aromatic nitrogens is 1. The van der Waals surface area contributed by atoms with E-state index in [2.05, 4.69) is 4.99 Å². The molecule has 5 rings (SSSR count). The third kappa shape index (κ3) is 4.36. The highest BCUT2D eigenvalue weighted by atomic mass is 16.7. The topological polar surface area (TPSA) is 118 Å². The van der Waals surface area contributed by atoms with E-state index in [4.69, 9.17) is 23.7 Å². The normalized spacial score (nSPS) is 12.2. The van der Waals surface area contributed by atoms with Gasteiger partial charge in [0.25, 0.3) is 5.56 Å². The Labute approximate surface area is 217 Å². The second-order valence-corrected chi connectivity index (χ2v) is 8.34. The summed E-state index contributed by atoms with van der Waals surface area (Å²) < 4.78 is 27.6. The van der Waals surface area contributed by atoms with E-state index < -0.39 is 5.97 Å². The van der Waals surface area contributed by atoms with Gasteiger partial charge in [0.05, 0.1) is 44.7 Å². The SMILES string of the molecule is COC(=O)c1cc(OC)c(OC)cc1N=Cc1c(O)n(Cc2ccc3c(c2)OCO3)c(=O)c2ccccc12. The highest BCUT2D eigenvalue weighted by molar-refractivity contribution is 6.03. The minimum Gasteiger partial charge on any atom is -0.494 e. The van der Waals surface area contributed by atoms with E-state index in [9.17, 15) is 14.7 Å². The van der Waals surface area contributed by atoms with Crippen LogP contribution in [-0.4, -0.2) is 50.0 Å². The number of carbonyl (C=O) groups excluding carboxylic acids is 1. The summed E-state index contributed by atoms with van der Waals surface area (Å²) in [6, 6.07) is 15.2. The lowest BCUT2D eigenvalue weighted by molar-refractivity contribution is 0.0601. The van der Waals surface area contributed by atoms with Crippen molar-refractivity contribution in [2.45, 2.75) is 6.54 Å². The Bertz CT molecular complexity index is 1640. The number of nitrogens with zero attached hydrogens (tertiary/aromatic N) is 2. The molecule has 1 aromatic heterocycles. The third-order valence-electron chi connectivity index (χ3n) is 6.21. The summed E-state index contributed by atoms with van der Waals surface area (Å²) in [5.74, 6) is 0.969. The zero-order valence-electron chi connectivity index (χ0n) is 20.9. The van der Waals surface area contributed by atoms with E-state index in [0.29, 0.717) is 39.3 Å². The van der Waals surface area contributed by atoms with Crippen LogP contribution in [0.4, 0.5) is 5.69 Å². The minimum atomic E-state index is -0.625. The first-order valence-electron chi connectivity index (χ1n) is 11.6. The molecule has 2 heterocycles. The smallest absolute Gasteiger partial charge is 0.340 e. The summed E-state index contributed by atoms with van der Waals surface area (Å²) in [5, 5.41) is 12.2. The number of hydrogen-bond donors (Lipinski definition) is 1.